The van der Waals surface area contributed by atoms with E-state index < -0.39 is 5.92 Å². The molecule has 1 aromatic heterocycles. The number of rotatable bonds is 6. The summed E-state index contributed by atoms with van der Waals surface area (Å²) in [6, 6.07) is 7.55. The van der Waals surface area contributed by atoms with Crippen LogP contribution < -0.4 is 29.0 Å². The molecule has 6 rings (SSSR count). The molecule has 36 heavy (non-hydrogen) atoms. The summed E-state index contributed by atoms with van der Waals surface area (Å²) in [5, 5.41) is 11.4. The van der Waals surface area contributed by atoms with E-state index in [0.29, 0.717) is 34.6 Å². The largest absolute Gasteiger partial charge is 0.493 e. The third kappa shape index (κ3) is 3.37. The van der Waals surface area contributed by atoms with Crippen LogP contribution in [0.4, 0.5) is 6.01 Å². The minimum Gasteiger partial charge on any atom is -0.493 e. The monoisotopic (exact) mass is 495 g/mol. The first-order chi connectivity index (χ1) is 17.5. The number of carbonyl (C=O) groups excluding carboxylic acids is 1. The van der Waals surface area contributed by atoms with Crippen LogP contribution in [-0.2, 0) is 9.53 Å². The van der Waals surface area contributed by atoms with E-state index in [9.17, 15) is 4.79 Å². The summed E-state index contributed by atoms with van der Waals surface area (Å²) in [5.74, 6) is 1.78. The fraction of sp³-hybridized carbons (Fsp3) is 0.400. The number of hydrogen-bond donors (Lipinski definition) is 1. The Morgan fingerprint density at radius 2 is 1.61 bits per heavy atom. The van der Waals surface area contributed by atoms with Gasteiger partial charge < -0.3 is 38.2 Å². The first-order valence-corrected chi connectivity index (χ1v) is 11.5. The van der Waals surface area contributed by atoms with Crippen molar-refractivity contribution in [2.75, 3.05) is 40.0 Å². The molecule has 1 N–H and O–H groups in total. The summed E-state index contributed by atoms with van der Waals surface area (Å²) in [6.45, 7) is 2.09. The van der Waals surface area contributed by atoms with Crippen molar-refractivity contribution in [1.29, 1.82) is 0 Å². The lowest BCUT2D eigenvalue weighted by molar-refractivity contribution is -0.141. The highest BCUT2D eigenvalue weighted by Crippen LogP contribution is 2.56. The fourth-order valence-electron chi connectivity index (χ4n) is 5.52. The number of ether oxygens (including phenoxy) is 6. The molecule has 0 amide bonds. The van der Waals surface area contributed by atoms with Crippen molar-refractivity contribution in [3.05, 3.63) is 46.8 Å². The Hall–Kier alpha value is -4.15. The maximum Gasteiger partial charge on any atom is 0.315 e. The number of nitrogens with zero attached hydrogens (tertiary/aromatic N) is 2. The van der Waals surface area contributed by atoms with Crippen molar-refractivity contribution in [2.45, 2.75) is 18.9 Å². The number of anilines is 1. The minimum absolute atomic E-state index is 0.128. The van der Waals surface area contributed by atoms with Gasteiger partial charge in [0.1, 0.15) is 0 Å². The Kier molecular flexibility index (Phi) is 5.27. The summed E-state index contributed by atoms with van der Waals surface area (Å²) in [5.41, 5.74) is 2.64. The summed E-state index contributed by atoms with van der Waals surface area (Å²) < 4.78 is 39.3. The normalized spacial score (nSPS) is 23.5. The fourth-order valence-corrected chi connectivity index (χ4v) is 5.52. The van der Waals surface area contributed by atoms with Crippen molar-refractivity contribution in [3.8, 4) is 28.7 Å². The summed E-state index contributed by atoms with van der Waals surface area (Å²) in [7, 11) is 4.68. The van der Waals surface area contributed by atoms with Gasteiger partial charge in [-0.25, -0.2) is 0 Å². The van der Waals surface area contributed by atoms with E-state index in [1.807, 2.05) is 24.3 Å². The zero-order valence-corrected chi connectivity index (χ0v) is 20.2. The zero-order valence-electron chi connectivity index (χ0n) is 20.2. The number of esters is 1. The molecule has 3 aromatic rings. The lowest BCUT2D eigenvalue weighted by atomic mass is 9.65. The lowest BCUT2D eigenvalue weighted by Gasteiger charge is -2.39. The third-order valence-corrected chi connectivity index (χ3v) is 7.04. The average molecular weight is 495 g/mol. The lowest BCUT2D eigenvalue weighted by Crippen LogP contribution is -2.37. The van der Waals surface area contributed by atoms with Gasteiger partial charge in [0, 0.05) is 18.8 Å². The standard InChI is InChI=1S/C25H25N3O8/c1-11-27-28-25(36-11)26-22-14-8-17-16(34-10-35-17)7-13(14)20(21-15(22)9-33-24(21)29)12-5-18(30-2)23(32-4)19(6-12)31-3/h5-8,15,20-22H,9-10H2,1-4H3,(H,26,28)/t15-,20+,21-,22+/m0/s1. The Morgan fingerprint density at radius 1 is 0.917 bits per heavy atom. The van der Waals surface area contributed by atoms with Crippen LogP contribution in [-0.4, -0.2) is 50.9 Å². The Balaban J connectivity index is 1.56. The van der Waals surface area contributed by atoms with Gasteiger partial charge in [0.05, 0.1) is 39.9 Å². The minimum atomic E-state index is -0.498. The van der Waals surface area contributed by atoms with Gasteiger partial charge in [0.2, 0.25) is 18.4 Å². The van der Waals surface area contributed by atoms with Crippen molar-refractivity contribution in [3.63, 3.8) is 0 Å². The number of fused-ring (bicyclic) bond motifs is 3. The van der Waals surface area contributed by atoms with Crippen LogP contribution in [0.2, 0.25) is 0 Å². The molecule has 1 fully saturated rings. The predicted molar refractivity (Wildman–Crippen MR) is 124 cm³/mol. The molecule has 2 aliphatic heterocycles. The van der Waals surface area contributed by atoms with Gasteiger partial charge >= 0.3 is 12.0 Å². The van der Waals surface area contributed by atoms with Crippen molar-refractivity contribution >= 4 is 12.0 Å². The van der Waals surface area contributed by atoms with E-state index in [2.05, 4.69) is 15.5 Å². The first kappa shape index (κ1) is 22.3. The molecule has 188 valence electrons. The predicted octanol–water partition coefficient (Wildman–Crippen LogP) is 3.22. The molecule has 0 unspecified atom stereocenters. The molecule has 0 bridgehead atoms. The Morgan fingerprint density at radius 3 is 2.22 bits per heavy atom. The number of carbonyl (C=O) groups is 1. The highest BCUT2D eigenvalue weighted by Gasteiger charge is 2.53. The molecule has 0 saturated carbocycles. The van der Waals surface area contributed by atoms with Crippen LogP contribution in [0.15, 0.2) is 28.7 Å². The van der Waals surface area contributed by atoms with Crippen LogP contribution in [0, 0.1) is 18.8 Å². The summed E-state index contributed by atoms with van der Waals surface area (Å²) >= 11 is 0. The number of aromatic nitrogens is 2. The van der Waals surface area contributed by atoms with E-state index in [1.165, 1.54) is 0 Å². The third-order valence-electron chi connectivity index (χ3n) is 7.04. The number of benzene rings is 2. The maximum absolute atomic E-state index is 13.2. The van der Waals surface area contributed by atoms with Crippen LogP contribution in [0.3, 0.4) is 0 Å². The van der Waals surface area contributed by atoms with Gasteiger partial charge in [-0.3, -0.25) is 4.79 Å². The van der Waals surface area contributed by atoms with Crippen LogP contribution >= 0.6 is 0 Å². The van der Waals surface area contributed by atoms with Gasteiger partial charge in [-0.05, 0) is 41.0 Å². The Labute approximate surface area is 206 Å². The highest BCUT2D eigenvalue weighted by atomic mass is 16.7. The second-order valence-electron chi connectivity index (χ2n) is 8.84. The molecule has 2 aromatic carbocycles. The Bertz CT molecular complexity index is 1310. The van der Waals surface area contributed by atoms with E-state index in [1.54, 1.807) is 28.3 Å². The quantitative estimate of drug-likeness (QED) is 0.507. The van der Waals surface area contributed by atoms with Gasteiger partial charge in [0.25, 0.3) is 0 Å². The van der Waals surface area contributed by atoms with Gasteiger partial charge in [-0.15, -0.1) is 5.10 Å². The summed E-state index contributed by atoms with van der Waals surface area (Å²) in [4.78, 5) is 13.2. The van der Waals surface area contributed by atoms with Crippen LogP contribution in [0.5, 0.6) is 28.7 Å². The van der Waals surface area contributed by atoms with Crippen LogP contribution in [0.1, 0.15) is 34.5 Å². The van der Waals surface area contributed by atoms with Crippen molar-refractivity contribution in [1.82, 2.24) is 10.2 Å². The zero-order chi connectivity index (χ0) is 25.0. The van der Waals surface area contributed by atoms with E-state index >= 15 is 0 Å². The van der Waals surface area contributed by atoms with E-state index in [4.69, 9.17) is 32.8 Å². The maximum atomic E-state index is 13.2. The van der Waals surface area contributed by atoms with Crippen molar-refractivity contribution < 1.29 is 37.6 Å². The molecule has 1 aliphatic carbocycles. The second kappa shape index (κ2) is 8.51. The molecule has 0 spiro atoms. The summed E-state index contributed by atoms with van der Waals surface area (Å²) in [6.07, 6.45) is 0. The SMILES string of the molecule is COc1cc([C@@H]2c3cc4c(cc3[C@@H](Nc3nnc(C)o3)[C@H]3COC(=O)[C@H]23)OCO4)cc(OC)c1OC. The molecule has 3 aliphatic rings. The number of aryl methyl sites for hydroxylation is 1. The molecule has 4 atom stereocenters. The topological polar surface area (TPSA) is 123 Å². The molecule has 11 heteroatoms. The second-order valence-corrected chi connectivity index (χ2v) is 8.84. The van der Waals surface area contributed by atoms with Gasteiger partial charge in [0.15, 0.2) is 23.0 Å². The molecular weight excluding hydrogens is 470 g/mol. The van der Waals surface area contributed by atoms with E-state index in [0.717, 1.165) is 16.7 Å². The van der Waals surface area contributed by atoms with E-state index in [-0.39, 0.29) is 43.3 Å². The number of hydrogen-bond acceptors (Lipinski definition) is 11. The highest BCUT2D eigenvalue weighted by molar-refractivity contribution is 5.79. The first-order valence-electron chi connectivity index (χ1n) is 11.5. The van der Waals surface area contributed by atoms with Crippen LogP contribution in [0.25, 0.3) is 0 Å². The molecule has 0 radical (unpaired) electrons. The molecule has 3 heterocycles. The number of cyclic esters (lactones) is 1. The van der Waals surface area contributed by atoms with Gasteiger partial charge in [-0.2, -0.15) is 0 Å². The van der Waals surface area contributed by atoms with Gasteiger partial charge in [-0.1, -0.05) is 5.10 Å². The number of methoxy groups -OCH3 is 3. The molecular formula is C25H25N3O8. The average Bonchev–Trinajstić information content (AvgIpc) is 3.62. The van der Waals surface area contributed by atoms with Crippen molar-refractivity contribution in [2.24, 2.45) is 11.8 Å². The molecule has 1 saturated heterocycles. The number of nitrogens with one attached hydrogen (secondary N) is 1. The smallest absolute Gasteiger partial charge is 0.315 e. The molecule has 11 nitrogen and oxygen atoms in total.